The molecule has 1 aromatic rings. The molecule has 0 aliphatic carbocycles. The number of nitrogens with zero attached hydrogens (tertiary/aromatic N) is 3. The van der Waals surface area contributed by atoms with Crippen LogP contribution in [0.1, 0.15) is 20.8 Å². The predicted octanol–water partition coefficient (Wildman–Crippen LogP) is 3.13. The predicted molar refractivity (Wildman–Crippen MR) is 68.6 cm³/mol. The summed E-state index contributed by atoms with van der Waals surface area (Å²) in [7, 11) is 0. The van der Waals surface area contributed by atoms with E-state index in [1.165, 1.54) is 12.1 Å². The molecule has 94 valence electrons. The summed E-state index contributed by atoms with van der Waals surface area (Å²) >= 11 is 5.80. The van der Waals surface area contributed by atoms with Crippen LogP contribution < -0.4 is 4.90 Å². The lowest BCUT2D eigenvalue weighted by atomic mass is 10.2. The standard InChI is InChI=1S/C11H16ClN3O2/c1-4-14(7-8(2)3)11-9(15(16)17)5-6-10(12)13-11/h5-6,8H,4,7H2,1-3H3. The summed E-state index contributed by atoms with van der Waals surface area (Å²) in [4.78, 5) is 16.4. The Bertz CT molecular complexity index is 410. The molecule has 0 unspecified atom stereocenters. The summed E-state index contributed by atoms with van der Waals surface area (Å²) in [6, 6.07) is 2.83. The van der Waals surface area contributed by atoms with Gasteiger partial charge in [-0.25, -0.2) is 4.98 Å². The van der Waals surface area contributed by atoms with Crippen molar-refractivity contribution in [2.75, 3.05) is 18.0 Å². The van der Waals surface area contributed by atoms with E-state index in [1.807, 2.05) is 11.8 Å². The number of nitro groups is 1. The third-order valence-electron chi connectivity index (χ3n) is 2.28. The highest BCUT2D eigenvalue weighted by atomic mass is 35.5. The fraction of sp³-hybridized carbons (Fsp3) is 0.545. The number of halogens is 1. The molecule has 5 nitrogen and oxygen atoms in total. The largest absolute Gasteiger partial charge is 0.351 e. The van der Waals surface area contributed by atoms with E-state index in [1.54, 1.807) is 0 Å². The van der Waals surface area contributed by atoms with Gasteiger partial charge in [0.2, 0.25) is 5.82 Å². The average molecular weight is 258 g/mol. The van der Waals surface area contributed by atoms with E-state index in [9.17, 15) is 10.1 Å². The van der Waals surface area contributed by atoms with Crippen molar-refractivity contribution in [2.24, 2.45) is 5.92 Å². The molecule has 0 saturated heterocycles. The molecule has 0 aliphatic rings. The van der Waals surface area contributed by atoms with Crippen molar-refractivity contribution in [3.63, 3.8) is 0 Å². The molecule has 0 aromatic carbocycles. The van der Waals surface area contributed by atoms with Gasteiger partial charge in [-0.15, -0.1) is 0 Å². The number of anilines is 1. The second-order valence-corrected chi connectivity index (χ2v) is 4.55. The van der Waals surface area contributed by atoms with Gasteiger partial charge in [0.05, 0.1) is 4.92 Å². The highest BCUT2D eigenvalue weighted by Crippen LogP contribution is 2.27. The van der Waals surface area contributed by atoms with Crippen molar-refractivity contribution < 1.29 is 4.92 Å². The molecular weight excluding hydrogens is 242 g/mol. The number of aromatic nitrogens is 1. The molecule has 0 aliphatic heterocycles. The van der Waals surface area contributed by atoms with Gasteiger partial charge in [-0.05, 0) is 18.9 Å². The normalized spacial score (nSPS) is 10.6. The van der Waals surface area contributed by atoms with Gasteiger partial charge in [-0.1, -0.05) is 25.4 Å². The van der Waals surface area contributed by atoms with E-state index in [4.69, 9.17) is 11.6 Å². The molecule has 0 spiro atoms. The molecule has 0 fully saturated rings. The SMILES string of the molecule is CCN(CC(C)C)c1nc(Cl)ccc1[N+](=O)[O-]. The van der Waals surface area contributed by atoms with Crippen molar-refractivity contribution in [1.82, 2.24) is 4.98 Å². The van der Waals surface area contributed by atoms with Crippen LogP contribution in [0, 0.1) is 16.0 Å². The number of hydrogen-bond acceptors (Lipinski definition) is 4. The van der Waals surface area contributed by atoms with Crippen LogP contribution in [0.25, 0.3) is 0 Å². The molecule has 0 atom stereocenters. The molecule has 1 rings (SSSR count). The zero-order valence-corrected chi connectivity index (χ0v) is 10.9. The van der Waals surface area contributed by atoms with E-state index in [2.05, 4.69) is 18.8 Å². The minimum absolute atomic E-state index is 0.00287. The maximum atomic E-state index is 10.9. The third-order valence-corrected chi connectivity index (χ3v) is 2.49. The quantitative estimate of drug-likeness (QED) is 0.462. The van der Waals surface area contributed by atoms with Crippen LogP contribution >= 0.6 is 11.6 Å². The van der Waals surface area contributed by atoms with Gasteiger partial charge in [0.1, 0.15) is 5.15 Å². The first-order valence-corrected chi connectivity index (χ1v) is 5.89. The van der Waals surface area contributed by atoms with Gasteiger partial charge >= 0.3 is 5.69 Å². The molecule has 0 saturated carbocycles. The van der Waals surface area contributed by atoms with Gasteiger partial charge in [0, 0.05) is 19.2 Å². The van der Waals surface area contributed by atoms with E-state index in [0.29, 0.717) is 24.8 Å². The van der Waals surface area contributed by atoms with E-state index < -0.39 is 4.92 Å². The maximum absolute atomic E-state index is 10.9. The zero-order valence-electron chi connectivity index (χ0n) is 10.2. The van der Waals surface area contributed by atoms with Crippen LogP contribution in [0.2, 0.25) is 5.15 Å². The molecule has 6 heteroatoms. The van der Waals surface area contributed by atoms with Crippen LogP contribution in [0.4, 0.5) is 11.5 Å². The fourth-order valence-corrected chi connectivity index (χ4v) is 1.74. The van der Waals surface area contributed by atoms with Crippen molar-refractivity contribution in [3.8, 4) is 0 Å². The second kappa shape index (κ2) is 5.82. The molecule has 0 N–H and O–H groups in total. The van der Waals surface area contributed by atoms with Gasteiger partial charge < -0.3 is 4.90 Å². The minimum Gasteiger partial charge on any atom is -0.351 e. The molecule has 1 aromatic heterocycles. The zero-order chi connectivity index (χ0) is 13.0. The van der Waals surface area contributed by atoms with E-state index in [0.717, 1.165) is 0 Å². The van der Waals surface area contributed by atoms with Crippen LogP contribution in [0.5, 0.6) is 0 Å². The van der Waals surface area contributed by atoms with Crippen LogP contribution in [0.15, 0.2) is 12.1 Å². The Hall–Kier alpha value is -1.36. The average Bonchev–Trinajstić information content (AvgIpc) is 2.25. The number of pyridine rings is 1. The Morgan fingerprint density at radius 3 is 2.65 bits per heavy atom. The van der Waals surface area contributed by atoms with E-state index >= 15 is 0 Å². The van der Waals surface area contributed by atoms with E-state index in [-0.39, 0.29) is 10.8 Å². The molecule has 0 amide bonds. The monoisotopic (exact) mass is 257 g/mol. The molecule has 0 radical (unpaired) electrons. The molecule has 17 heavy (non-hydrogen) atoms. The Balaban J connectivity index is 3.15. The van der Waals surface area contributed by atoms with Crippen molar-refractivity contribution in [3.05, 3.63) is 27.4 Å². The second-order valence-electron chi connectivity index (χ2n) is 4.17. The topological polar surface area (TPSA) is 59.3 Å². The summed E-state index contributed by atoms with van der Waals surface area (Å²) in [5.74, 6) is 0.744. The highest BCUT2D eigenvalue weighted by molar-refractivity contribution is 6.29. The minimum atomic E-state index is -0.429. The number of hydrogen-bond donors (Lipinski definition) is 0. The summed E-state index contributed by atoms with van der Waals surface area (Å²) in [6.07, 6.45) is 0. The Kier molecular flexibility index (Phi) is 4.69. The van der Waals surface area contributed by atoms with Crippen LogP contribution in [0.3, 0.4) is 0 Å². The van der Waals surface area contributed by atoms with Crippen LogP contribution in [-0.4, -0.2) is 23.0 Å². The first kappa shape index (κ1) is 13.7. The maximum Gasteiger partial charge on any atom is 0.311 e. The fourth-order valence-electron chi connectivity index (χ4n) is 1.60. The molecule has 0 bridgehead atoms. The summed E-state index contributed by atoms with van der Waals surface area (Å²) in [6.45, 7) is 7.42. The van der Waals surface area contributed by atoms with Gasteiger partial charge in [0.15, 0.2) is 0 Å². The van der Waals surface area contributed by atoms with Gasteiger partial charge in [-0.2, -0.15) is 0 Å². The van der Waals surface area contributed by atoms with Gasteiger partial charge in [0.25, 0.3) is 0 Å². The third kappa shape index (κ3) is 3.56. The Labute approximate surface area is 106 Å². The summed E-state index contributed by atoms with van der Waals surface area (Å²) < 4.78 is 0. The van der Waals surface area contributed by atoms with Crippen molar-refractivity contribution in [2.45, 2.75) is 20.8 Å². The highest BCUT2D eigenvalue weighted by Gasteiger charge is 2.21. The lowest BCUT2D eigenvalue weighted by Crippen LogP contribution is -2.28. The van der Waals surface area contributed by atoms with Crippen molar-refractivity contribution in [1.29, 1.82) is 0 Å². The lowest BCUT2D eigenvalue weighted by Gasteiger charge is -2.23. The first-order chi connectivity index (χ1) is 7.95. The summed E-state index contributed by atoms with van der Waals surface area (Å²) in [5.41, 5.74) is -0.00287. The first-order valence-electron chi connectivity index (χ1n) is 5.51. The number of rotatable bonds is 5. The van der Waals surface area contributed by atoms with Crippen LogP contribution in [-0.2, 0) is 0 Å². The van der Waals surface area contributed by atoms with Crippen molar-refractivity contribution >= 4 is 23.1 Å². The Morgan fingerprint density at radius 1 is 1.53 bits per heavy atom. The molecular formula is C11H16ClN3O2. The lowest BCUT2D eigenvalue weighted by molar-refractivity contribution is -0.384. The Morgan fingerprint density at radius 2 is 2.18 bits per heavy atom. The smallest absolute Gasteiger partial charge is 0.311 e. The summed E-state index contributed by atoms with van der Waals surface area (Å²) in [5, 5.41) is 11.2. The molecule has 1 heterocycles. The van der Waals surface area contributed by atoms with Gasteiger partial charge in [-0.3, -0.25) is 10.1 Å².